The zero-order valence-corrected chi connectivity index (χ0v) is 16.2. The third-order valence-corrected chi connectivity index (χ3v) is 4.07. The van der Waals surface area contributed by atoms with Crippen LogP contribution in [-0.2, 0) is 4.79 Å². The number of nitrogens with one attached hydrogen (secondary N) is 2. The highest BCUT2D eigenvalue weighted by molar-refractivity contribution is 6.04. The first-order chi connectivity index (χ1) is 12.4. The van der Waals surface area contributed by atoms with Gasteiger partial charge >= 0.3 is 0 Å². The molecule has 2 unspecified atom stereocenters. The van der Waals surface area contributed by atoms with Crippen LogP contribution in [0.1, 0.15) is 48.7 Å². The molecule has 0 aromatic heterocycles. The molecule has 0 aliphatic rings. The molecule has 0 saturated carbocycles. The summed E-state index contributed by atoms with van der Waals surface area (Å²) in [5.41, 5.74) is 7.71. The molecule has 0 aliphatic heterocycles. The maximum atomic E-state index is 12.9. The molecule has 0 heterocycles. The molecular formula is C20H25ClFN3O2. The summed E-state index contributed by atoms with van der Waals surface area (Å²) in [6.45, 7) is 3.86. The van der Waals surface area contributed by atoms with Gasteiger partial charge in [0.15, 0.2) is 0 Å². The van der Waals surface area contributed by atoms with Crippen molar-refractivity contribution < 1.29 is 14.0 Å². The molecule has 2 atom stereocenters. The Bertz CT molecular complexity index is 751. The van der Waals surface area contributed by atoms with Crippen LogP contribution < -0.4 is 16.4 Å². The molecule has 2 aromatic rings. The van der Waals surface area contributed by atoms with Gasteiger partial charge in [0.05, 0.1) is 12.1 Å². The van der Waals surface area contributed by atoms with E-state index in [1.807, 2.05) is 26.0 Å². The minimum atomic E-state index is -0.503. The Kier molecular flexibility index (Phi) is 8.91. The van der Waals surface area contributed by atoms with Crippen molar-refractivity contribution in [2.24, 2.45) is 5.73 Å². The van der Waals surface area contributed by atoms with E-state index in [9.17, 15) is 14.0 Å². The Hall–Kier alpha value is -2.44. The zero-order valence-electron chi connectivity index (χ0n) is 15.4. The zero-order chi connectivity index (χ0) is 19.1. The molecule has 146 valence electrons. The maximum absolute atomic E-state index is 12.9. The van der Waals surface area contributed by atoms with Crippen LogP contribution in [0.5, 0.6) is 0 Å². The normalized spacial score (nSPS) is 12.4. The lowest BCUT2D eigenvalue weighted by Gasteiger charge is -2.18. The van der Waals surface area contributed by atoms with Gasteiger partial charge in [-0.3, -0.25) is 9.59 Å². The summed E-state index contributed by atoms with van der Waals surface area (Å²) in [4.78, 5) is 24.1. The van der Waals surface area contributed by atoms with Gasteiger partial charge in [-0.2, -0.15) is 0 Å². The molecule has 2 aromatic carbocycles. The standard InChI is InChI=1S/C20H24FN3O2.ClH/c1-3-4-18(22)20(26)23-13(2)14-7-11-17(12-8-14)24-19(25)15-5-9-16(21)10-6-15;/h5-13,18H,3-4,22H2,1-2H3,(H,23,26)(H,24,25);1H. The summed E-state index contributed by atoms with van der Waals surface area (Å²) in [6.07, 6.45) is 1.50. The monoisotopic (exact) mass is 393 g/mol. The van der Waals surface area contributed by atoms with Gasteiger partial charge in [0.2, 0.25) is 5.91 Å². The Labute approximate surface area is 164 Å². The molecule has 4 N–H and O–H groups in total. The minimum absolute atomic E-state index is 0. The Morgan fingerprint density at radius 3 is 2.22 bits per heavy atom. The number of carbonyl (C=O) groups excluding carboxylic acids is 2. The van der Waals surface area contributed by atoms with Gasteiger partial charge in [0.25, 0.3) is 5.91 Å². The summed E-state index contributed by atoms with van der Waals surface area (Å²) in [6, 6.07) is 11.8. The molecule has 7 heteroatoms. The van der Waals surface area contributed by atoms with Crippen LogP contribution in [-0.4, -0.2) is 17.9 Å². The van der Waals surface area contributed by atoms with Crippen LogP contribution >= 0.6 is 12.4 Å². The van der Waals surface area contributed by atoms with Crippen molar-refractivity contribution >= 4 is 29.9 Å². The smallest absolute Gasteiger partial charge is 0.255 e. The predicted molar refractivity (Wildman–Crippen MR) is 107 cm³/mol. The summed E-state index contributed by atoms with van der Waals surface area (Å²) < 4.78 is 12.9. The molecule has 5 nitrogen and oxygen atoms in total. The van der Waals surface area contributed by atoms with Crippen molar-refractivity contribution in [3.05, 3.63) is 65.5 Å². The van der Waals surface area contributed by atoms with Crippen molar-refractivity contribution in [2.45, 2.75) is 38.8 Å². The van der Waals surface area contributed by atoms with E-state index in [1.165, 1.54) is 24.3 Å². The van der Waals surface area contributed by atoms with Gasteiger partial charge in [-0.15, -0.1) is 12.4 Å². The van der Waals surface area contributed by atoms with E-state index in [4.69, 9.17) is 5.73 Å². The molecule has 0 saturated heterocycles. The largest absolute Gasteiger partial charge is 0.348 e. The fourth-order valence-electron chi connectivity index (χ4n) is 2.51. The van der Waals surface area contributed by atoms with E-state index in [2.05, 4.69) is 10.6 Å². The molecular weight excluding hydrogens is 369 g/mol. The number of benzene rings is 2. The van der Waals surface area contributed by atoms with Crippen molar-refractivity contribution in [2.75, 3.05) is 5.32 Å². The molecule has 0 radical (unpaired) electrons. The van der Waals surface area contributed by atoms with Crippen molar-refractivity contribution in [3.8, 4) is 0 Å². The number of halogens is 2. The van der Waals surface area contributed by atoms with Gasteiger partial charge in [-0.25, -0.2) is 4.39 Å². The molecule has 0 fully saturated rings. The second-order valence-electron chi connectivity index (χ2n) is 6.21. The summed E-state index contributed by atoms with van der Waals surface area (Å²) in [5.74, 6) is -0.877. The average molecular weight is 394 g/mol. The lowest BCUT2D eigenvalue weighted by molar-refractivity contribution is -0.123. The first-order valence-corrected chi connectivity index (χ1v) is 8.63. The van der Waals surface area contributed by atoms with Gasteiger partial charge in [-0.05, 0) is 55.3 Å². The third-order valence-electron chi connectivity index (χ3n) is 4.07. The van der Waals surface area contributed by atoms with Gasteiger partial charge in [0.1, 0.15) is 5.82 Å². The summed E-state index contributed by atoms with van der Waals surface area (Å²) in [7, 11) is 0. The second kappa shape index (κ2) is 10.6. The van der Waals surface area contributed by atoms with Crippen molar-refractivity contribution in [3.63, 3.8) is 0 Å². The summed E-state index contributed by atoms with van der Waals surface area (Å²) >= 11 is 0. The fraction of sp³-hybridized carbons (Fsp3) is 0.300. The number of nitrogens with two attached hydrogens (primary N) is 1. The molecule has 0 aliphatic carbocycles. The van der Waals surface area contributed by atoms with E-state index in [0.29, 0.717) is 17.7 Å². The predicted octanol–water partition coefficient (Wildman–Crippen LogP) is 3.80. The van der Waals surface area contributed by atoms with Crippen molar-refractivity contribution in [1.29, 1.82) is 0 Å². The van der Waals surface area contributed by atoms with Gasteiger partial charge in [0, 0.05) is 11.3 Å². The molecule has 0 bridgehead atoms. The van der Waals surface area contributed by atoms with Gasteiger partial charge < -0.3 is 16.4 Å². The van der Waals surface area contributed by atoms with E-state index in [0.717, 1.165) is 12.0 Å². The topological polar surface area (TPSA) is 84.2 Å². The van der Waals surface area contributed by atoms with Crippen LogP contribution in [0.2, 0.25) is 0 Å². The Balaban J connectivity index is 0.00000364. The van der Waals surface area contributed by atoms with Crippen LogP contribution in [0, 0.1) is 5.82 Å². The highest BCUT2D eigenvalue weighted by Gasteiger charge is 2.16. The van der Waals surface area contributed by atoms with E-state index in [-0.39, 0.29) is 36.1 Å². The van der Waals surface area contributed by atoms with Crippen LogP contribution in [0.4, 0.5) is 10.1 Å². The molecule has 27 heavy (non-hydrogen) atoms. The number of amides is 2. The van der Waals surface area contributed by atoms with Gasteiger partial charge in [-0.1, -0.05) is 25.5 Å². The summed E-state index contributed by atoms with van der Waals surface area (Å²) in [5, 5.41) is 5.64. The number of hydrogen-bond acceptors (Lipinski definition) is 3. The quantitative estimate of drug-likeness (QED) is 0.668. The van der Waals surface area contributed by atoms with Crippen LogP contribution in [0.15, 0.2) is 48.5 Å². The average Bonchev–Trinajstić information content (AvgIpc) is 2.63. The number of anilines is 1. The van der Waals surface area contributed by atoms with Crippen LogP contribution in [0.3, 0.4) is 0 Å². The Morgan fingerprint density at radius 1 is 1.07 bits per heavy atom. The first-order valence-electron chi connectivity index (χ1n) is 8.63. The number of carbonyl (C=O) groups is 2. The Morgan fingerprint density at radius 2 is 1.67 bits per heavy atom. The minimum Gasteiger partial charge on any atom is -0.348 e. The molecule has 2 amide bonds. The first kappa shape index (κ1) is 22.6. The third kappa shape index (κ3) is 6.66. The highest BCUT2D eigenvalue weighted by atomic mass is 35.5. The molecule has 2 rings (SSSR count). The second-order valence-corrected chi connectivity index (χ2v) is 6.21. The van der Waals surface area contributed by atoms with E-state index < -0.39 is 6.04 Å². The fourth-order valence-corrected chi connectivity index (χ4v) is 2.51. The number of rotatable bonds is 7. The molecule has 0 spiro atoms. The lowest BCUT2D eigenvalue weighted by Crippen LogP contribution is -2.41. The van der Waals surface area contributed by atoms with E-state index in [1.54, 1.807) is 12.1 Å². The van der Waals surface area contributed by atoms with E-state index >= 15 is 0 Å². The number of hydrogen-bond donors (Lipinski definition) is 3. The van der Waals surface area contributed by atoms with Crippen LogP contribution in [0.25, 0.3) is 0 Å². The highest BCUT2D eigenvalue weighted by Crippen LogP contribution is 2.17. The SMILES string of the molecule is CCCC(N)C(=O)NC(C)c1ccc(NC(=O)c2ccc(F)cc2)cc1.Cl. The lowest BCUT2D eigenvalue weighted by atomic mass is 10.1. The van der Waals surface area contributed by atoms with Crippen molar-refractivity contribution in [1.82, 2.24) is 5.32 Å². The maximum Gasteiger partial charge on any atom is 0.255 e.